The zero-order chi connectivity index (χ0) is 9.61. The van der Waals surface area contributed by atoms with Crippen LogP contribution in [0.1, 0.15) is 26.7 Å². The van der Waals surface area contributed by atoms with Crippen molar-refractivity contribution in [2.45, 2.75) is 32.3 Å². The molecule has 2 heteroatoms. The maximum atomic E-state index is 10.8. The molecule has 0 rings (SSSR count). The second-order valence-corrected chi connectivity index (χ2v) is 3.21. The molecule has 0 N–H and O–H groups in total. The van der Waals surface area contributed by atoms with Crippen molar-refractivity contribution in [3.8, 4) is 0 Å². The summed E-state index contributed by atoms with van der Waals surface area (Å²) in [5, 5.41) is 0. The molecule has 0 saturated carbocycles. The van der Waals surface area contributed by atoms with Gasteiger partial charge in [-0.25, -0.2) is 4.79 Å². The van der Waals surface area contributed by atoms with Gasteiger partial charge in [0, 0.05) is 6.08 Å². The lowest BCUT2D eigenvalue weighted by Gasteiger charge is -2.23. The molecule has 0 atom stereocenters. The van der Waals surface area contributed by atoms with E-state index in [0.29, 0.717) is 0 Å². The van der Waals surface area contributed by atoms with Crippen LogP contribution >= 0.6 is 0 Å². The third-order valence-corrected chi connectivity index (χ3v) is 1.49. The third kappa shape index (κ3) is 4.72. The molecule has 12 heavy (non-hydrogen) atoms. The molecular formula is C10H16O2. The van der Waals surface area contributed by atoms with Gasteiger partial charge in [-0.1, -0.05) is 12.7 Å². The van der Waals surface area contributed by atoms with Crippen molar-refractivity contribution in [3.63, 3.8) is 0 Å². The Morgan fingerprint density at radius 2 is 2.08 bits per heavy atom. The number of rotatable bonds is 5. The molecule has 0 radical (unpaired) electrons. The van der Waals surface area contributed by atoms with Gasteiger partial charge in [-0.2, -0.15) is 0 Å². The molecule has 2 nitrogen and oxygen atoms in total. The van der Waals surface area contributed by atoms with Crippen molar-refractivity contribution >= 4 is 5.97 Å². The van der Waals surface area contributed by atoms with Crippen LogP contribution < -0.4 is 0 Å². The summed E-state index contributed by atoms with van der Waals surface area (Å²) in [4.78, 5) is 10.8. The molecular weight excluding hydrogens is 152 g/mol. The molecule has 0 aromatic heterocycles. The highest BCUT2D eigenvalue weighted by Gasteiger charge is 2.20. The van der Waals surface area contributed by atoms with E-state index in [1.54, 1.807) is 0 Å². The van der Waals surface area contributed by atoms with Crippen LogP contribution in [0, 0.1) is 0 Å². The topological polar surface area (TPSA) is 26.3 Å². The van der Waals surface area contributed by atoms with Crippen LogP contribution in [0.25, 0.3) is 0 Å². The van der Waals surface area contributed by atoms with Crippen molar-refractivity contribution in [3.05, 3.63) is 25.3 Å². The molecule has 0 heterocycles. The monoisotopic (exact) mass is 168 g/mol. The highest BCUT2D eigenvalue weighted by atomic mass is 16.6. The highest BCUT2D eigenvalue weighted by molar-refractivity contribution is 5.81. The Morgan fingerprint density at radius 3 is 2.50 bits per heavy atom. The Kier molecular flexibility index (Phi) is 4.34. The average Bonchev–Trinajstić information content (AvgIpc) is 2.00. The number of carbonyl (C=O) groups is 1. The van der Waals surface area contributed by atoms with Gasteiger partial charge in [0.25, 0.3) is 0 Å². The molecule has 0 aliphatic rings. The quantitative estimate of drug-likeness (QED) is 0.358. The number of carbonyl (C=O) groups excluding carboxylic acids is 1. The largest absolute Gasteiger partial charge is 0.457 e. The Bertz CT molecular complexity index is 180. The Labute approximate surface area is 73.9 Å². The van der Waals surface area contributed by atoms with Gasteiger partial charge < -0.3 is 4.74 Å². The molecule has 0 aliphatic heterocycles. The Balaban J connectivity index is 3.93. The summed E-state index contributed by atoms with van der Waals surface area (Å²) < 4.78 is 5.08. The van der Waals surface area contributed by atoms with Crippen LogP contribution in [0.2, 0.25) is 0 Å². The van der Waals surface area contributed by atoms with E-state index in [2.05, 4.69) is 13.2 Å². The SMILES string of the molecule is C=CCCC(C)(C)OC(=O)C=C. The summed E-state index contributed by atoms with van der Waals surface area (Å²) in [6.45, 7) is 10.7. The van der Waals surface area contributed by atoms with Gasteiger partial charge in [-0.15, -0.1) is 6.58 Å². The fraction of sp³-hybridized carbons (Fsp3) is 0.500. The van der Waals surface area contributed by atoms with Gasteiger partial charge in [0.05, 0.1) is 0 Å². The normalized spacial score (nSPS) is 10.5. The average molecular weight is 168 g/mol. The minimum Gasteiger partial charge on any atom is -0.457 e. The van der Waals surface area contributed by atoms with Crippen molar-refractivity contribution < 1.29 is 9.53 Å². The molecule has 0 spiro atoms. The molecule has 0 aliphatic carbocycles. The van der Waals surface area contributed by atoms with E-state index in [1.165, 1.54) is 6.08 Å². The second kappa shape index (κ2) is 4.75. The number of ether oxygens (including phenoxy) is 1. The molecule has 0 saturated heterocycles. The van der Waals surface area contributed by atoms with Gasteiger partial charge in [0.15, 0.2) is 0 Å². The van der Waals surface area contributed by atoms with Gasteiger partial charge in [0.2, 0.25) is 0 Å². The van der Waals surface area contributed by atoms with Gasteiger partial charge in [0.1, 0.15) is 5.60 Å². The zero-order valence-corrected chi connectivity index (χ0v) is 7.80. The minimum absolute atomic E-state index is 0.371. The van der Waals surface area contributed by atoms with E-state index >= 15 is 0 Å². The summed E-state index contributed by atoms with van der Waals surface area (Å²) in [6, 6.07) is 0. The fourth-order valence-corrected chi connectivity index (χ4v) is 0.815. The molecule has 0 amide bonds. The molecule has 0 aromatic rings. The van der Waals surface area contributed by atoms with E-state index in [0.717, 1.165) is 12.8 Å². The van der Waals surface area contributed by atoms with E-state index < -0.39 is 5.60 Å². The highest BCUT2D eigenvalue weighted by Crippen LogP contribution is 2.16. The van der Waals surface area contributed by atoms with Crippen LogP contribution in [0.5, 0.6) is 0 Å². The molecule has 0 unspecified atom stereocenters. The molecule has 0 bridgehead atoms. The number of esters is 1. The van der Waals surface area contributed by atoms with Crippen LogP contribution in [0.3, 0.4) is 0 Å². The first-order valence-corrected chi connectivity index (χ1v) is 3.98. The lowest BCUT2D eigenvalue weighted by Crippen LogP contribution is -2.26. The van der Waals surface area contributed by atoms with E-state index in [9.17, 15) is 4.79 Å². The maximum Gasteiger partial charge on any atom is 0.330 e. The zero-order valence-electron chi connectivity index (χ0n) is 7.80. The predicted octanol–water partition coefficient (Wildman–Crippen LogP) is 2.46. The Morgan fingerprint density at radius 1 is 1.50 bits per heavy atom. The molecule has 68 valence electrons. The minimum atomic E-state index is -0.417. The Hall–Kier alpha value is -1.05. The first-order chi connectivity index (χ1) is 5.52. The maximum absolute atomic E-state index is 10.8. The summed E-state index contributed by atoms with van der Waals surface area (Å²) in [6.07, 6.45) is 4.62. The summed E-state index contributed by atoms with van der Waals surface area (Å²) in [7, 11) is 0. The summed E-state index contributed by atoms with van der Waals surface area (Å²) >= 11 is 0. The van der Waals surface area contributed by atoms with Crippen LogP contribution in [0.15, 0.2) is 25.3 Å². The van der Waals surface area contributed by atoms with Crippen molar-refractivity contribution in [1.29, 1.82) is 0 Å². The number of hydrogen-bond donors (Lipinski definition) is 0. The van der Waals surface area contributed by atoms with Crippen LogP contribution in [-0.4, -0.2) is 11.6 Å². The summed E-state index contributed by atoms with van der Waals surface area (Å²) in [5.41, 5.74) is -0.417. The van der Waals surface area contributed by atoms with Gasteiger partial charge in [-0.3, -0.25) is 0 Å². The standard InChI is InChI=1S/C10H16O2/c1-5-7-8-10(3,4)12-9(11)6-2/h5-6H,1-2,7-8H2,3-4H3. The number of allylic oxidation sites excluding steroid dienone is 1. The van der Waals surface area contributed by atoms with Crippen LogP contribution in [0.4, 0.5) is 0 Å². The number of hydrogen-bond acceptors (Lipinski definition) is 2. The fourth-order valence-electron chi connectivity index (χ4n) is 0.815. The third-order valence-electron chi connectivity index (χ3n) is 1.49. The van der Waals surface area contributed by atoms with Crippen molar-refractivity contribution in [2.75, 3.05) is 0 Å². The van der Waals surface area contributed by atoms with E-state index in [1.807, 2.05) is 19.9 Å². The lowest BCUT2D eigenvalue weighted by atomic mass is 10.0. The van der Waals surface area contributed by atoms with Crippen molar-refractivity contribution in [1.82, 2.24) is 0 Å². The van der Waals surface area contributed by atoms with Crippen LogP contribution in [-0.2, 0) is 9.53 Å². The summed E-state index contributed by atoms with van der Waals surface area (Å²) in [5.74, 6) is -0.371. The van der Waals surface area contributed by atoms with Crippen molar-refractivity contribution in [2.24, 2.45) is 0 Å². The molecule has 0 aromatic carbocycles. The smallest absolute Gasteiger partial charge is 0.330 e. The van der Waals surface area contributed by atoms with Gasteiger partial charge in [-0.05, 0) is 26.7 Å². The second-order valence-electron chi connectivity index (χ2n) is 3.21. The first kappa shape index (κ1) is 11.0. The van der Waals surface area contributed by atoms with E-state index in [-0.39, 0.29) is 5.97 Å². The predicted molar refractivity (Wildman–Crippen MR) is 49.8 cm³/mol. The first-order valence-electron chi connectivity index (χ1n) is 3.98. The van der Waals surface area contributed by atoms with E-state index in [4.69, 9.17) is 4.74 Å². The van der Waals surface area contributed by atoms with Gasteiger partial charge >= 0.3 is 5.97 Å². The lowest BCUT2D eigenvalue weighted by molar-refractivity contribution is -0.150. The molecule has 0 fully saturated rings.